The molecule has 11 heteroatoms. The summed E-state index contributed by atoms with van der Waals surface area (Å²) in [5.41, 5.74) is 3.86. The molecule has 0 aliphatic rings. The number of aromatic amines is 1. The number of para-hydroxylation sites is 1. The quantitative estimate of drug-likeness (QED) is 0.245. The average Bonchev–Trinajstić information content (AvgIpc) is 3.21. The van der Waals surface area contributed by atoms with Gasteiger partial charge in [-0.3, -0.25) is 14.3 Å². The summed E-state index contributed by atoms with van der Waals surface area (Å²) in [5.74, 6) is 0.817. The molecule has 11 nitrogen and oxygen atoms in total. The van der Waals surface area contributed by atoms with Crippen molar-refractivity contribution in [3.05, 3.63) is 81.0 Å². The van der Waals surface area contributed by atoms with E-state index in [1.54, 1.807) is 18.3 Å². The van der Waals surface area contributed by atoms with Crippen LogP contribution in [0.15, 0.2) is 69.3 Å². The molecule has 2 aromatic carbocycles. The van der Waals surface area contributed by atoms with Crippen molar-refractivity contribution >= 4 is 29.0 Å². The lowest BCUT2D eigenvalue weighted by Gasteiger charge is -2.15. The molecule has 35 heavy (non-hydrogen) atoms. The molecule has 0 bridgehead atoms. The molecule has 3 N–H and O–H groups in total. The van der Waals surface area contributed by atoms with Crippen LogP contribution in [0.4, 0.5) is 11.6 Å². The molecule has 0 amide bonds. The Morgan fingerprint density at radius 1 is 1.17 bits per heavy atom. The van der Waals surface area contributed by atoms with Gasteiger partial charge in [0.1, 0.15) is 18.5 Å². The number of ether oxygens (including phenoxy) is 1. The highest BCUT2D eigenvalue weighted by Gasteiger charge is 2.20. The third kappa shape index (κ3) is 5.41. The molecule has 1 atom stereocenters. The normalized spacial score (nSPS) is 12.2. The van der Waals surface area contributed by atoms with Gasteiger partial charge in [0.15, 0.2) is 11.2 Å². The molecule has 1 unspecified atom stereocenters. The van der Waals surface area contributed by atoms with Gasteiger partial charge in [0.2, 0.25) is 5.95 Å². The van der Waals surface area contributed by atoms with Crippen molar-refractivity contribution in [2.75, 3.05) is 31.0 Å². The van der Waals surface area contributed by atoms with Gasteiger partial charge in [-0.2, -0.15) is 10.1 Å². The summed E-state index contributed by atoms with van der Waals surface area (Å²) in [7, 11) is 5.43. The van der Waals surface area contributed by atoms with Crippen molar-refractivity contribution in [2.45, 2.75) is 12.6 Å². The molecule has 0 aliphatic carbocycles. The van der Waals surface area contributed by atoms with Crippen LogP contribution in [0.2, 0.25) is 0 Å². The minimum atomic E-state index is -0.965. The Morgan fingerprint density at radius 2 is 1.89 bits per heavy atom. The van der Waals surface area contributed by atoms with E-state index >= 15 is 0 Å². The Morgan fingerprint density at radius 3 is 2.57 bits per heavy atom. The van der Waals surface area contributed by atoms with Gasteiger partial charge in [0.25, 0.3) is 5.56 Å². The summed E-state index contributed by atoms with van der Waals surface area (Å²) < 4.78 is 8.34. The number of rotatable bonds is 9. The molecule has 2 heterocycles. The van der Waals surface area contributed by atoms with Gasteiger partial charge in [-0.05, 0) is 29.8 Å². The Hall–Kier alpha value is -4.38. The van der Waals surface area contributed by atoms with Crippen molar-refractivity contribution in [2.24, 2.45) is 12.1 Å². The number of hydrazone groups is 1. The maximum Gasteiger partial charge on any atom is 0.329 e. The predicted molar refractivity (Wildman–Crippen MR) is 136 cm³/mol. The van der Waals surface area contributed by atoms with Gasteiger partial charge in [0.05, 0.1) is 12.8 Å². The van der Waals surface area contributed by atoms with E-state index < -0.39 is 17.4 Å². The highest BCUT2D eigenvalue weighted by Crippen LogP contribution is 2.17. The monoisotopic (exact) mass is 477 g/mol. The van der Waals surface area contributed by atoms with Gasteiger partial charge < -0.3 is 19.3 Å². The summed E-state index contributed by atoms with van der Waals surface area (Å²) in [6.07, 6.45) is 0.647. The summed E-state index contributed by atoms with van der Waals surface area (Å²) in [4.78, 5) is 33.3. The summed E-state index contributed by atoms with van der Waals surface area (Å²) in [6, 6.07) is 16.9. The fraction of sp³-hybridized carbons (Fsp3) is 0.250. The van der Waals surface area contributed by atoms with Crippen LogP contribution in [-0.4, -0.2) is 57.2 Å². The third-order valence-electron chi connectivity index (χ3n) is 5.37. The molecule has 0 radical (unpaired) electrons. The van der Waals surface area contributed by atoms with Crippen LogP contribution in [0.25, 0.3) is 11.2 Å². The largest absolute Gasteiger partial charge is 0.491 e. The topological polar surface area (TPSA) is 130 Å². The maximum absolute atomic E-state index is 12.6. The summed E-state index contributed by atoms with van der Waals surface area (Å²) in [5, 5.41) is 14.9. The number of aliphatic hydroxyl groups is 1. The van der Waals surface area contributed by atoms with Crippen LogP contribution < -0.4 is 26.3 Å². The number of anilines is 2. The van der Waals surface area contributed by atoms with Gasteiger partial charge in [0, 0.05) is 26.8 Å². The fourth-order valence-electron chi connectivity index (χ4n) is 3.49. The van der Waals surface area contributed by atoms with E-state index in [9.17, 15) is 14.7 Å². The van der Waals surface area contributed by atoms with E-state index in [1.807, 2.05) is 61.5 Å². The second-order valence-corrected chi connectivity index (χ2v) is 8.17. The van der Waals surface area contributed by atoms with Crippen LogP contribution in [0.3, 0.4) is 0 Å². The third-order valence-corrected chi connectivity index (χ3v) is 5.37. The van der Waals surface area contributed by atoms with Gasteiger partial charge in [-0.15, -0.1) is 0 Å². The molecule has 0 aliphatic heterocycles. The van der Waals surface area contributed by atoms with Crippen LogP contribution in [0.5, 0.6) is 5.75 Å². The van der Waals surface area contributed by atoms with Crippen LogP contribution >= 0.6 is 0 Å². The number of hydrogen-bond donors (Lipinski definition) is 3. The Kier molecular flexibility index (Phi) is 6.97. The summed E-state index contributed by atoms with van der Waals surface area (Å²) in [6.45, 7) is -0.0196. The first-order chi connectivity index (χ1) is 16.8. The molecule has 4 rings (SSSR count). The minimum Gasteiger partial charge on any atom is -0.491 e. The first-order valence-electron chi connectivity index (χ1n) is 11.0. The SMILES string of the molecule is CN(C)c1ccc(/C=N/Nc2nc3c(c(=O)[nH]c(=O)n3C)n2CC(O)COc2ccccc2)cc1. The summed E-state index contributed by atoms with van der Waals surface area (Å²) >= 11 is 0. The molecule has 0 saturated carbocycles. The lowest BCUT2D eigenvalue weighted by molar-refractivity contribution is 0.0938. The standard InChI is InChI=1S/C24H27N7O4/c1-29(2)17-11-9-16(10-12-17)13-25-28-23-26-21-20(22(33)27-24(34)30(21)3)31(23)14-18(32)15-35-19-7-5-4-6-8-19/h4-13,18,32H,14-15H2,1-3H3,(H,26,28)(H,27,33,34)/b25-13+. The van der Waals surface area contributed by atoms with Crippen LogP contribution in [0, 0.1) is 0 Å². The second-order valence-electron chi connectivity index (χ2n) is 8.17. The Balaban J connectivity index is 1.60. The number of fused-ring (bicyclic) bond motifs is 1. The Labute approximate surface area is 200 Å². The molecular weight excluding hydrogens is 450 g/mol. The minimum absolute atomic E-state index is 0.00567. The smallest absolute Gasteiger partial charge is 0.329 e. The number of H-pyrrole nitrogens is 1. The van der Waals surface area contributed by atoms with E-state index in [0.717, 1.165) is 11.3 Å². The predicted octanol–water partition coefficient (Wildman–Crippen LogP) is 1.38. The lowest BCUT2D eigenvalue weighted by Crippen LogP contribution is -2.30. The number of hydrogen-bond acceptors (Lipinski definition) is 8. The lowest BCUT2D eigenvalue weighted by atomic mass is 10.2. The fourth-order valence-corrected chi connectivity index (χ4v) is 3.49. The number of imidazole rings is 1. The molecule has 4 aromatic rings. The van der Waals surface area contributed by atoms with Gasteiger partial charge in [-0.1, -0.05) is 30.3 Å². The Bertz CT molecular complexity index is 1440. The zero-order valence-electron chi connectivity index (χ0n) is 19.7. The number of nitrogens with zero attached hydrogens (tertiary/aromatic N) is 5. The van der Waals surface area contributed by atoms with E-state index in [-0.39, 0.29) is 30.3 Å². The van der Waals surface area contributed by atoms with Crippen molar-refractivity contribution in [3.63, 3.8) is 0 Å². The maximum atomic E-state index is 12.6. The average molecular weight is 478 g/mol. The second kappa shape index (κ2) is 10.3. The van der Waals surface area contributed by atoms with Crippen molar-refractivity contribution in [3.8, 4) is 5.75 Å². The van der Waals surface area contributed by atoms with Crippen LogP contribution in [-0.2, 0) is 13.6 Å². The zero-order chi connectivity index (χ0) is 24.9. The molecule has 2 aromatic heterocycles. The molecule has 0 saturated heterocycles. The van der Waals surface area contributed by atoms with Crippen molar-refractivity contribution in [1.29, 1.82) is 0 Å². The van der Waals surface area contributed by atoms with Crippen LogP contribution in [0.1, 0.15) is 5.56 Å². The van der Waals surface area contributed by atoms with E-state index in [4.69, 9.17) is 4.74 Å². The number of aromatic nitrogens is 4. The molecule has 0 spiro atoms. The molecule has 182 valence electrons. The molecular formula is C24H27N7O4. The van der Waals surface area contributed by atoms with Gasteiger partial charge in [-0.25, -0.2) is 10.2 Å². The highest BCUT2D eigenvalue weighted by atomic mass is 16.5. The first kappa shape index (κ1) is 23.8. The van der Waals surface area contributed by atoms with E-state index in [1.165, 1.54) is 16.2 Å². The van der Waals surface area contributed by atoms with E-state index in [2.05, 4.69) is 20.5 Å². The number of aliphatic hydroxyl groups excluding tert-OH is 1. The number of nitrogens with one attached hydrogen (secondary N) is 2. The molecule has 0 fully saturated rings. The van der Waals surface area contributed by atoms with Crippen molar-refractivity contribution < 1.29 is 9.84 Å². The van der Waals surface area contributed by atoms with E-state index in [0.29, 0.717) is 5.75 Å². The number of aryl methyl sites for hydroxylation is 1. The highest BCUT2D eigenvalue weighted by molar-refractivity contribution is 5.81. The first-order valence-corrected chi connectivity index (χ1v) is 11.0. The van der Waals surface area contributed by atoms with Crippen molar-refractivity contribution in [1.82, 2.24) is 19.1 Å². The van der Waals surface area contributed by atoms with Gasteiger partial charge >= 0.3 is 5.69 Å². The zero-order valence-corrected chi connectivity index (χ0v) is 19.7. The number of benzene rings is 2.